The lowest BCUT2D eigenvalue weighted by Gasteiger charge is -2.17. The van der Waals surface area contributed by atoms with Gasteiger partial charge in [0.25, 0.3) is 30.1 Å². The number of benzene rings is 3. The molecule has 0 saturated heterocycles. The predicted octanol–water partition coefficient (Wildman–Crippen LogP) is 3.44. The average Bonchev–Trinajstić information content (AvgIpc) is 3.28. The molecule has 0 unspecified atom stereocenters. The van der Waals surface area contributed by atoms with Crippen molar-refractivity contribution in [2.75, 3.05) is 14.2 Å². The van der Waals surface area contributed by atoms with Crippen LogP contribution in [0.2, 0.25) is 0 Å². The summed E-state index contributed by atoms with van der Waals surface area (Å²) in [7, 11) is -10.8. The van der Waals surface area contributed by atoms with E-state index in [4.69, 9.17) is 0 Å². The highest BCUT2D eigenvalue weighted by molar-refractivity contribution is 7.93. The topological polar surface area (TPSA) is 156 Å². The third-order valence-corrected chi connectivity index (χ3v) is 9.41. The number of nitrogens with one attached hydrogen (secondary N) is 3. The van der Waals surface area contributed by atoms with Gasteiger partial charge in [-0.1, -0.05) is 35.4 Å². The van der Waals surface area contributed by atoms with Crippen molar-refractivity contribution in [2.45, 2.75) is 28.7 Å². The van der Waals surface area contributed by atoms with Gasteiger partial charge in [-0.2, -0.15) is 8.42 Å². The van der Waals surface area contributed by atoms with Gasteiger partial charge in [-0.25, -0.2) is 21.8 Å². The van der Waals surface area contributed by atoms with E-state index in [1.165, 1.54) is 59.6 Å². The van der Waals surface area contributed by atoms with E-state index < -0.39 is 30.1 Å². The Hall–Kier alpha value is -3.88. The van der Waals surface area contributed by atoms with Crippen molar-refractivity contribution in [1.82, 2.24) is 9.55 Å². The Morgan fingerprint density at radius 3 is 1.61 bits per heavy atom. The summed E-state index contributed by atoms with van der Waals surface area (Å²) in [6, 6.07) is 15.9. The van der Waals surface area contributed by atoms with Crippen molar-refractivity contribution in [3.63, 3.8) is 0 Å². The molecule has 14 heteroatoms. The molecule has 4 aromatic rings. The van der Waals surface area contributed by atoms with Crippen LogP contribution in [0.25, 0.3) is 0 Å². The first-order valence-corrected chi connectivity index (χ1v) is 15.5. The number of hydrogen-bond donors (Lipinski definition) is 3. The molecular formula is C24H25N5O6S3. The summed E-state index contributed by atoms with van der Waals surface area (Å²) in [6.07, 6.45) is 2.62. The monoisotopic (exact) mass is 575 g/mol. The number of nitrogens with zero attached hydrogens (tertiary/aromatic N) is 2. The molecule has 38 heavy (non-hydrogen) atoms. The maximum absolute atomic E-state index is 13.1. The quantitative estimate of drug-likeness (QED) is 0.276. The SMILES string of the molecule is Cc1ccc(S(=O)(=O)Nc2ccc(NS(=O)(=O)c3cn(C)cn3)cc2NS(=O)(=O)c2ccc(C)cc2)cc1. The Balaban J connectivity index is 1.74. The maximum Gasteiger partial charge on any atom is 0.280 e. The number of rotatable bonds is 9. The van der Waals surface area contributed by atoms with E-state index in [0.717, 1.165) is 11.1 Å². The second kappa shape index (κ2) is 10.1. The second-order valence-corrected chi connectivity index (χ2v) is 13.6. The highest BCUT2D eigenvalue weighted by atomic mass is 32.2. The van der Waals surface area contributed by atoms with Crippen molar-refractivity contribution in [1.29, 1.82) is 0 Å². The van der Waals surface area contributed by atoms with Crippen molar-refractivity contribution in [3.8, 4) is 0 Å². The van der Waals surface area contributed by atoms with Gasteiger partial charge in [0.15, 0.2) is 5.03 Å². The molecule has 0 radical (unpaired) electrons. The lowest BCUT2D eigenvalue weighted by Crippen LogP contribution is -2.18. The van der Waals surface area contributed by atoms with Gasteiger partial charge in [-0.3, -0.25) is 14.2 Å². The number of sulfonamides is 3. The molecular weight excluding hydrogens is 550 g/mol. The fourth-order valence-corrected chi connectivity index (χ4v) is 6.54. The Morgan fingerprint density at radius 1 is 0.632 bits per heavy atom. The summed E-state index contributed by atoms with van der Waals surface area (Å²) in [5.74, 6) is 0. The van der Waals surface area contributed by atoms with Crippen molar-refractivity contribution in [2.24, 2.45) is 7.05 Å². The number of hydrogen-bond acceptors (Lipinski definition) is 7. The van der Waals surface area contributed by atoms with Crippen LogP contribution in [0, 0.1) is 13.8 Å². The first kappa shape index (κ1) is 27.2. The predicted molar refractivity (Wildman–Crippen MR) is 144 cm³/mol. The van der Waals surface area contributed by atoms with E-state index in [2.05, 4.69) is 19.2 Å². The normalized spacial score (nSPS) is 12.2. The minimum Gasteiger partial charge on any atom is -0.339 e. The number of imidazole rings is 1. The van der Waals surface area contributed by atoms with Gasteiger partial charge in [-0.15, -0.1) is 0 Å². The number of aromatic nitrogens is 2. The summed E-state index contributed by atoms with van der Waals surface area (Å²) in [5, 5.41) is -0.245. The van der Waals surface area contributed by atoms with E-state index >= 15 is 0 Å². The zero-order chi connectivity index (χ0) is 27.7. The highest BCUT2D eigenvalue weighted by Crippen LogP contribution is 2.31. The summed E-state index contributed by atoms with van der Waals surface area (Å²) >= 11 is 0. The highest BCUT2D eigenvalue weighted by Gasteiger charge is 2.22. The maximum atomic E-state index is 13.1. The molecule has 0 aliphatic heterocycles. The molecule has 0 amide bonds. The minimum absolute atomic E-state index is 0.0180. The number of anilines is 3. The lowest BCUT2D eigenvalue weighted by molar-refractivity contribution is 0.597. The summed E-state index contributed by atoms with van der Waals surface area (Å²) in [5.41, 5.74) is 1.39. The largest absolute Gasteiger partial charge is 0.339 e. The van der Waals surface area contributed by atoms with Gasteiger partial charge in [0.2, 0.25) is 0 Å². The van der Waals surface area contributed by atoms with Gasteiger partial charge in [0.05, 0.1) is 33.2 Å². The van der Waals surface area contributed by atoms with E-state index in [1.54, 1.807) is 38.2 Å². The fourth-order valence-electron chi connectivity index (χ4n) is 3.36. The van der Waals surface area contributed by atoms with Crippen molar-refractivity contribution in [3.05, 3.63) is 90.4 Å². The molecule has 0 fully saturated rings. The molecule has 1 heterocycles. The van der Waals surface area contributed by atoms with Gasteiger partial charge < -0.3 is 4.57 Å². The Labute approximate surface area is 221 Å². The zero-order valence-corrected chi connectivity index (χ0v) is 23.0. The van der Waals surface area contributed by atoms with Gasteiger partial charge in [-0.05, 0) is 56.3 Å². The molecule has 1 aromatic heterocycles. The van der Waals surface area contributed by atoms with E-state index in [0.29, 0.717) is 0 Å². The van der Waals surface area contributed by atoms with Crippen LogP contribution in [-0.2, 0) is 37.1 Å². The third-order valence-electron chi connectivity index (χ3n) is 5.38. The van der Waals surface area contributed by atoms with E-state index in [-0.39, 0.29) is 31.9 Å². The molecule has 4 rings (SSSR count). The van der Waals surface area contributed by atoms with Crippen LogP contribution in [0.1, 0.15) is 11.1 Å². The van der Waals surface area contributed by atoms with Crippen LogP contribution in [0.4, 0.5) is 17.1 Å². The average molecular weight is 576 g/mol. The standard InChI is InChI=1S/C24H25N5O6S3/c1-17-4-9-20(10-5-17)36(30,31)27-22-13-8-19(26-38(34,35)24-15-29(3)16-25-24)14-23(22)28-37(32,33)21-11-6-18(2)7-12-21/h4-16,26-28H,1-3H3. The lowest BCUT2D eigenvalue weighted by atomic mass is 10.2. The number of aryl methyl sites for hydroxylation is 3. The van der Waals surface area contributed by atoms with E-state index in [9.17, 15) is 25.3 Å². The molecule has 0 atom stereocenters. The van der Waals surface area contributed by atoms with Crippen LogP contribution in [0.3, 0.4) is 0 Å². The molecule has 0 aliphatic rings. The van der Waals surface area contributed by atoms with E-state index in [1.807, 2.05) is 6.92 Å². The molecule has 0 aliphatic carbocycles. The van der Waals surface area contributed by atoms with Gasteiger partial charge in [0, 0.05) is 13.2 Å². The molecule has 3 aromatic carbocycles. The Bertz CT molecular complexity index is 1800. The summed E-state index contributed by atoms with van der Waals surface area (Å²) in [6.45, 7) is 3.62. The molecule has 0 saturated carbocycles. The molecule has 200 valence electrons. The molecule has 0 spiro atoms. The summed E-state index contributed by atoms with van der Waals surface area (Å²) < 4.78 is 86.3. The molecule has 11 nitrogen and oxygen atoms in total. The van der Waals surface area contributed by atoms with Gasteiger partial charge in [0.1, 0.15) is 0 Å². The Kier molecular flexibility index (Phi) is 7.23. The van der Waals surface area contributed by atoms with Crippen LogP contribution in [0.5, 0.6) is 0 Å². The Morgan fingerprint density at radius 2 is 1.13 bits per heavy atom. The van der Waals surface area contributed by atoms with Crippen molar-refractivity contribution < 1.29 is 25.3 Å². The second-order valence-electron chi connectivity index (χ2n) is 8.58. The van der Waals surface area contributed by atoms with Crippen LogP contribution in [-0.4, -0.2) is 34.8 Å². The summed E-state index contributed by atoms with van der Waals surface area (Å²) in [4.78, 5) is 3.73. The van der Waals surface area contributed by atoms with Crippen molar-refractivity contribution >= 4 is 47.1 Å². The smallest absolute Gasteiger partial charge is 0.280 e. The zero-order valence-electron chi connectivity index (χ0n) is 20.6. The minimum atomic E-state index is -4.17. The molecule has 3 N–H and O–H groups in total. The van der Waals surface area contributed by atoms with Gasteiger partial charge >= 0.3 is 0 Å². The first-order chi connectivity index (χ1) is 17.7. The fraction of sp³-hybridized carbons (Fsp3) is 0.125. The van der Waals surface area contributed by atoms with Crippen LogP contribution in [0.15, 0.2) is 94.1 Å². The van der Waals surface area contributed by atoms with Crippen LogP contribution < -0.4 is 14.2 Å². The van der Waals surface area contributed by atoms with Crippen LogP contribution >= 0.6 is 0 Å². The molecule has 0 bridgehead atoms. The third kappa shape index (κ3) is 6.15. The first-order valence-electron chi connectivity index (χ1n) is 11.1.